The summed E-state index contributed by atoms with van der Waals surface area (Å²) in [5, 5.41) is 11.9. The van der Waals surface area contributed by atoms with Gasteiger partial charge in [-0.15, -0.1) is 0 Å². The van der Waals surface area contributed by atoms with Gasteiger partial charge in [0.15, 0.2) is 6.54 Å². The van der Waals surface area contributed by atoms with Gasteiger partial charge in [0.2, 0.25) is 0 Å². The molecule has 0 aromatic heterocycles. The lowest BCUT2D eigenvalue weighted by Crippen LogP contribution is -2.48. The molecule has 2 aromatic carbocycles. The second-order valence-electron chi connectivity index (χ2n) is 7.67. The number of aliphatic hydroxyl groups is 1. The Morgan fingerprint density at radius 1 is 1.14 bits per heavy atom. The fourth-order valence-electron chi connectivity index (χ4n) is 4.42. The molecule has 0 spiro atoms. The molecule has 2 aliphatic heterocycles. The minimum absolute atomic E-state index is 0.286. The fraction of sp³-hybridized carbons (Fsp3) is 0.435. The van der Waals surface area contributed by atoms with Gasteiger partial charge in [-0.1, -0.05) is 19.1 Å². The van der Waals surface area contributed by atoms with Gasteiger partial charge < -0.3 is 9.84 Å². The standard InChI is InChI=1S/C23H28FN2O2/c1-3-17-8-10-18(11-9-17)26-22-7-5-4-6-14-25(22)16-23(26,27)20-13-12-19(28-2)15-21(20)24/h8-13,15,27H,3-7,14,16H2,1-2H3/q+1. The number of hydrogen-bond acceptors (Lipinski definition) is 3. The Balaban J connectivity index is 1.83. The molecule has 1 unspecified atom stereocenters. The number of nitrogens with zero attached hydrogens (tertiary/aromatic N) is 2. The van der Waals surface area contributed by atoms with E-state index in [1.807, 2.05) is 17.0 Å². The molecule has 1 N–H and O–H groups in total. The highest BCUT2D eigenvalue weighted by Crippen LogP contribution is 2.39. The van der Waals surface area contributed by atoms with Gasteiger partial charge in [0.25, 0.3) is 11.6 Å². The molecule has 0 aliphatic carbocycles. The normalized spacial score (nSPS) is 22.2. The van der Waals surface area contributed by atoms with Crippen LogP contribution in [-0.4, -0.2) is 35.7 Å². The van der Waals surface area contributed by atoms with Crippen LogP contribution in [0.15, 0.2) is 42.5 Å². The first-order valence-electron chi connectivity index (χ1n) is 10.1. The molecular formula is C23H28FN2O2+. The maximum absolute atomic E-state index is 15.0. The van der Waals surface area contributed by atoms with Crippen molar-refractivity contribution < 1.29 is 18.8 Å². The molecular weight excluding hydrogens is 355 g/mol. The van der Waals surface area contributed by atoms with Crippen LogP contribution in [0.1, 0.15) is 43.7 Å². The lowest BCUT2D eigenvalue weighted by Gasteiger charge is -2.29. The molecule has 0 saturated heterocycles. The Morgan fingerprint density at radius 3 is 2.61 bits per heavy atom. The Bertz CT molecular complexity index is 894. The van der Waals surface area contributed by atoms with Crippen LogP contribution >= 0.6 is 0 Å². The number of hydrogen-bond donors (Lipinski definition) is 1. The molecule has 2 aromatic rings. The van der Waals surface area contributed by atoms with Crippen LogP contribution in [0.3, 0.4) is 0 Å². The predicted octanol–water partition coefficient (Wildman–Crippen LogP) is 4.05. The summed E-state index contributed by atoms with van der Waals surface area (Å²) in [5.41, 5.74) is 0.976. The number of aryl methyl sites for hydroxylation is 1. The zero-order valence-corrected chi connectivity index (χ0v) is 16.6. The summed E-state index contributed by atoms with van der Waals surface area (Å²) in [4.78, 5) is 1.95. The molecule has 2 aliphatic rings. The number of amidine groups is 1. The summed E-state index contributed by atoms with van der Waals surface area (Å²) in [5.74, 6) is 1.08. The summed E-state index contributed by atoms with van der Waals surface area (Å²) in [6.45, 7) is 3.37. The number of methoxy groups -OCH3 is 1. The molecule has 0 amide bonds. The van der Waals surface area contributed by atoms with Crippen LogP contribution in [0.25, 0.3) is 0 Å². The van der Waals surface area contributed by atoms with E-state index in [1.54, 1.807) is 12.1 Å². The van der Waals surface area contributed by atoms with Crippen LogP contribution in [-0.2, 0) is 12.1 Å². The number of rotatable bonds is 4. The average Bonchev–Trinajstić information content (AvgIpc) is 2.84. The van der Waals surface area contributed by atoms with Crippen molar-refractivity contribution >= 4 is 11.5 Å². The summed E-state index contributed by atoms with van der Waals surface area (Å²) in [6.07, 6.45) is 5.19. The predicted molar refractivity (Wildman–Crippen MR) is 109 cm³/mol. The van der Waals surface area contributed by atoms with Gasteiger partial charge >= 0.3 is 0 Å². The Labute approximate surface area is 165 Å². The van der Waals surface area contributed by atoms with Crippen molar-refractivity contribution in [3.63, 3.8) is 0 Å². The van der Waals surface area contributed by atoms with Crippen molar-refractivity contribution in [2.24, 2.45) is 0 Å². The van der Waals surface area contributed by atoms with Crippen molar-refractivity contribution in [2.75, 3.05) is 25.1 Å². The van der Waals surface area contributed by atoms with Gasteiger partial charge in [-0.05, 0) is 55.5 Å². The van der Waals surface area contributed by atoms with Gasteiger partial charge in [0, 0.05) is 12.5 Å². The summed E-state index contributed by atoms with van der Waals surface area (Å²) in [6, 6.07) is 12.9. The maximum atomic E-state index is 15.0. The van der Waals surface area contributed by atoms with Gasteiger partial charge in [0.05, 0.1) is 19.2 Å². The minimum Gasteiger partial charge on any atom is -0.497 e. The molecule has 0 radical (unpaired) electrons. The lowest BCUT2D eigenvalue weighted by atomic mass is 9.98. The molecule has 28 heavy (non-hydrogen) atoms. The number of benzene rings is 2. The van der Waals surface area contributed by atoms with Crippen LogP contribution < -0.4 is 9.64 Å². The van der Waals surface area contributed by atoms with Gasteiger partial charge in [0.1, 0.15) is 17.3 Å². The lowest BCUT2D eigenvalue weighted by molar-refractivity contribution is -0.534. The summed E-state index contributed by atoms with van der Waals surface area (Å²) in [7, 11) is 1.51. The van der Waals surface area contributed by atoms with Crippen molar-refractivity contribution in [3.8, 4) is 5.75 Å². The summed E-state index contributed by atoms with van der Waals surface area (Å²) < 4.78 is 22.4. The van der Waals surface area contributed by atoms with Crippen LogP contribution in [0.5, 0.6) is 5.75 Å². The molecule has 0 fully saturated rings. The van der Waals surface area contributed by atoms with Crippen molar-refractivity contribution in [3.05, 3.63) is 59.4 Å². The largest absolute Gasteiger partial charge is 0.497 e. The smallest absolute Gasteiger partial charge is 0.278 e. The van der Waals surface area contributed by atoms with Crippen molar-refractivity contribution in [2.45, 2.75) is 44.8 Å². The molecule has 0 saturated carbocycles. The molecule has 0 bridgehead atoms. The van der Waals surface area contributed by atoms with E-state index in [0.717, 1.165) is 43.8 Å². The topological polar surface area (TPSA) is 35.7 Å². The third kappa shape index (κ3) is 3.18. The van der Waals surface area contributed by atoms with Crippen LogP contribution in [0, 0.1) is 5.82 Å². The van der Waals surface area contributed by atoms with Gasteiger partial charge in [-0.2, -0.15) is 4.90 Å². The molecule has 148 valence electrons. The first-order chi connectivity index (χ1) is 13.6. The monoisotopic (exact) mass is 383 g/mol. The second-order valence-corrected chi connectivity index (χ2v) is 7.67. The van der Waals surface area contributed by atoms with Crippen molar-refractivity contribution in [1.29, 1.82) is 0 Å². The van der Waals surface area contributed by atoms with E-state index in [9.17, 15) is 5.11 Å². The van der Waals surface area contributed by atoms with E-state index in [-0.39, 0.29) is 5.56 Å². The Hall–Kier alpha value is -2.40. The van der Waals surface area contributed by atoms with E-state index >= 15 is 4.39 Å². The Morgan fingerprint density at radius 2 is 1.93 bits per heavy atom. The highest BCUT2D eigenvalue weighted by molar-refractivity contribution is 5.97. The van der Waals surface area contributed by atoms with E-state index in [1.165, 1.54) is 25.2 Å². The molecule has 4 rings (SSSR count). The highest BCUT2D eigenvalue weighted by Gasteiger charge is 2.55. The molecule has 4 nitrogen and oxygen atoms in total. The third-order valence-corrected chi connectivity index (χ3v) is 5.94. The molecule has 1 atom stereocenters. The zero-order valence-electron chi connectivity index (χ0n) is 16.6. The number of ether oxygens (including phenoxy) is 1. The van der Waals surface area contributed by atoms with Gasteiger partial charge in [-0.3, -0.25) is 4.58 Å². The third-order valence-electron chi connectivity index (χ3n) is 5.94. The SMILES string of the molecule is CCc1ccc(N2C3=[N+](CCCCC3)CC2(O)c2ccc(OC)cc2F)cc1. The van der Waals surface area contributed by atoms with E-state index < -0.39 is 11.5 Å². The first kappa shape index (κ1) is 18.9. The van der Waals surface area contributed by atoms with Crippen molar-refractivity contribution in [1.82, 2.24) is 0 Å². The fourth-order valence-corrected chi connectivity index (χ4v) is 4.42. The molecule has 5 heteroatoms. The quantitative estimate of drug-likeness (QED) is 0.809. The van der Waals surface area contributed by atoms with Crippen LogP contribution in [0.2, 0.25) is 0 Å². The van der Waals surface area contributed by atoms with Gasteiger partial charge in [-0.25, -0.2) is 4.39 Å². The molecule has 2 heterocycles. The van der Waals surface area contributed by atoms with E-state index in [4.69, 9.17) is 4.74 Å². The zero-order chi connectivity index (χ0) is 19.7. The maximum Gasteiger partial charge on any atom is 0.278 e. The number of anilines is 1. The highest BCUT2D eigenvalue weighted by atomic mass is 19.1. The second kappa shape index (κ2) is 7.55. The van der Waals surface area contributed by atoms with Crippen LogP contribution in [0.4, 0.5) is 10.1 Å². The average molecular weight is 383 g/mol. The summed E-state index contributed by atoms with van der Waals surface area (Å²) >= 11 is 0. The van der Waals surface area contributed by atoms with E-state index in [2.05, 4.69) is 23.6 Å². The van der Waals surface area contributed by atoms with E-state index in [0.29, 0.717) is 12.3 Å². The minimum atomic E-state index is -1.45. The number of halogens is 1. The first-order valence-corrected chi connectivity index (χ1v) is 10.1. The Kier molecular flexibility index (Phi) is 5.11.